The standard InChI is InChI=1S/C20H23FN4O2/c1-14-13-25(17-4-3-16(21)12-18(17)27-14)20(26)15-5-6-22-19(11-15)24-9-7-23(2)8-10-24/h3-6,11-12,14H,7-10,13H2,1-2H3. The van der Waals surface area contributed by atoms with Crippen molar-refractivity contribution in [3.8, 4) is 5.75 Å². The van der Waals surface area contributed by atoms with Crippen molar-refractivity contribution in [2.75, 3.05) is 49.6 Å². The first kappa shape index (κ1) is 17.7. The second-order valence-corrected chi connectivity index (χ2v) is 7.15. The number of aromatic nitrogens is 1. The number of rotatable bonds is 2. The van der Waals surface area contributed by atoms with Gasteiger partial charge in [-0.1, -0.05) is 0 Å². The number of amides is 1. The van der Waals surface area contributed by atoms with Gasteiger partial charge < -0.3 is 19.4 Å². The topological polar surface area (TPSA) is 48.9 Å². The van der Waals surface area contributed by atoms with Crippen molar-refractivity contribution in [2.24, 2.45) is 0 Å². The van der Waals surface area contributed by atoms with Crippen LogP contribution in [0.2, 0.25) is 0 Å². The summed E-state index contributed by atoms with van der Waals surface area (Å²) in [5, 5.41) is 0. The van der Waals surface area contributed by atoms with Gasteiger partial charge >= 0.3 is 0 Å². The van der Waals surface area contributed by atoms with Gasteiger partial charge in [0.2, 0.25) is 0 Å². The largest absolute Gasteiger partial charge is 0.487 e. The van der Waals surface area contributed by atoms with Gasteiger partial charge in [0.05, 0.1) is 12.2 Å². The van der Waals surface area contributed by atoms with E-state index in [-0.39, 0.29) is 17.8 Å². The van der Waals surface area contributed by atoms with Crippen LogP contribution in [0.5, 0.6) is 5.75 Å². The number of hydrogen-bond acceptors (Lipinski definition) is 5. The highest BCUT2D eigenvalue weighted by molar-refractivity contribution is 6.07. The molecule has 1 aromatic carbocycles. The number of pyridine rings is 1. The second-order valence-electron chi connectivity index (χ2n) is 7.15. The van der Waals surface area contributed by atoms with E-state index >= 15 is 0 Å². The number of piperazine rings is 1. The summed E-state index contributed by atoms with van der Waals surface area (Å²) in [4.78, 5) is 23.8. The molecule has 3 heterocycles. The zero-order valence-electron chi connectivity index (χ0n) is 15.6. The molecule has 0 spiro atoms. The molecule has 7 heteroatoms. The van der Waals surface area contributed by atoms with Crippen LogP contribution in [0.4, 0.5) is 15.9 Å². The van der Waals surface area contributed by atoms with Crippen molar-refractivity contribution in [1.29, 1.82) is 0 Å². The van der Waals surface area contributed by atoms with Crippen molar-refractivity contribution in [3.05, 3.63) is 47.9 Å². The molecule has 6 nitrogen and oxygen atoms in total. The minimum absolute atomic E-state index is 0.129. The van der Waals surface area contributed by atoms with Gasteiger partial charge in [-0.05, 0) is 38.2 Å². The summed E-state index contributed by atoms with van der Waals surface area (Å²) >= 11 is 0. The van der Waals surface area contributed by atoms with Gasteiger partial charge in [0.15, 0.2) is 0 Å². The number of benzene rings is 1. The van der Waals surface area contributed by atoms with Crippen LogP contribution in [0.3, 0.4) is 0 Å². The molecule has 0 saturated carbocycles. The summed E-state index contributed by atoms with van der Waals surface area (Å²) in [5.41, 5.74) is 1.17. The molecule has 27 heavy (non-hydrogen) atoms. The van der Waals surface area contributed by atoms with Gasteiger partial charge in [-0.3, -0.25) is 4.79 Å². The first-order chi connectivity index (χ1) is 13.0. The number of carbonyl (C=O) groups is 1. The average molecular weight is 370 g/mol. The molecule has 2 aliphatic heterocycles. The maximum absolute atomic E-state index is 13.6. The smallest absolute Gasteiger partial charge is 0.258 e. The number of ether oxygens (including phenoxy) is 1. The van der Waals surface area contributed by atoms with Gasteiger partial charge in [0.25, 0.3) is 5.91 Å². The van der Waals surface area contributed by atoms with Crippen molar-refractivity contribution < 1.29 is 13.9 Å². The molecule has 2 aromatic rings. The van der Waals surface area contributed by atoms with Gasteiger partial charge in [-0.2, -0.15) is 0 Å². The molecule has 1 aromatic heterocycles. The van der Waals surface area contributed by atoms with Crippen LogP contribution in [0.25, 0.3) is 0 Å². The van der Waals surface area contributed by atoms with Crippen LogP contribution in [0.1, 0.15) is 17.3 Å². The van der Waals surface area contributed by atoms with Crippen molar-refractivity contribution >= 4 is 17.4 Å². The Labute approximate surface area is 158 Å². The van der Waals surface area contributed by atoms with Crippen molar-refractivity contribution in [2.45, 2.75) is 13.0 Å². The number of anilines is 2. The summed E-state index contributed by atoms with van der Waals surface area (Å²) in [5.74, 6) is 0.706. The lowest BCUT2D eigenvalue weighted by Crippen LogP contribution is -2.45. The third-order valence-corrected chi connectivity index (χ3v) is 5.05. The Morgan fingerprint density at radius 3 is 2.74 bits per heavy atom. The van der Waals surface area contributed by atoms with Gasteiger partial charge in [-0.25, -0.2) is 9.37 Å². The minimum atomic E-state index is -0.378. The lowest BCUT2D eigenvalue weighted by atomic mass is 10.1. The molecule has 1 atom stereocenters. The van der Waals surface area contributed by atoms with E-state index in [1.165, 1.54) is 12.1 Å². The van der Waals surface area contributed by atoms with E-state index in [4.69, 9.17) is 4.74 Å². The third-order valence-electron chi connectivity index (χ3n) is 5.05. The molecule has 2 aliphatic rings. The predicted octanol–water partition coefficient (Wildman–Crippen LogP) is 2.40. The average Bonchev–Trinajstić information content (AvgIpc) is 2.67. The fourth-order valence-electron chi connectivity index (χ4n) is 3.52. The summed E-state index contributed by atoms with van der Waals surface area (Å²) < 4.78 is 19.3. The van der Waals surface area contributed by atoms with E-state index in [0.29, 0.717) is 23.5 Å². The van der Waals surface area contributed by atoms with E-state index in [0.717, 1.165) is 32.0 Å². The maximum Gasteiger partial charge on any atom is 0.258 e. The zero-order chi connectivity index (χ0) is 19.0. The predicted molar refractivity (Wildman–Crippen MR) is 102 cm³/mol. The fraction of sp³-hybridized carbons (Fsp3) is 0.400. The first-order valence-electron chi connectivity index (χ1n) is 9.19. The highest BCUT2D eigenvalue weighted by Gasteiger charge is 2.29. The number of halogens is 1. The van der Waals surface area contributed by atoms with E-state index in [1.807, 2.05) is 13.0 Å². The normalized spacial score (nSPS) is 20.2. The Hall–Kier alpha value is -2.67. The van der Waals surface area contributed by atoms with Crippen LogP contribution < -0.4 is 14.5 Å². The molecule has 142 valence electrons. The van der Waals surface area contributed by atoms with E-state index in [2.05, 4.69) is 21.8 Å². The first-order valence-corrected chi connectivity index (χ1v) is 9.19. The van der Waals surface area contributed by atoms with E-state index in [9.17, 15) is 9.18 Å². The molecule has 1 unspecified atom stereocenters. The van der Waals surface area contributed by atoms with Crippen molar-refractivity contribution in [1.82, 2.24) is 9.88 Å². The molecule has 1 saturated heterocycles. The number of hydrogen-bond donors (Lipinski definition) is 0. The molecule has 0 aliphatic carbocycles. The lowest BCUT2D eigenvalue weighted by Gasteiger charge is -2.34. The second kappa shape index (κ2) is 7.15. The summed E-state index contributed by atoms with van der Waals surface area (Å²) in [6.07, 6.45) is 1.47. The van der Waals surface area contributed by atoms with Crippen LogP contribution in [0, 0.1) is 5.82 Å². The van der Waals surface area contributed by atoms with Gasteiger partial charge in [0, 0.05) is 44.0 Å². The van der Waals surface area contributed by atoms with Gasteiger partial charge in [0.1, 0.15) is 23.5 Å². The van der Waals surface area contributed by atoms with E-state index in [1.54, 1.807) is 23.2 Å². The molecule has 1 amide bonds. The number of carbonyl (C=O) groups excluding carboxylic acids is 1. The third kappa shape index (κ3) is 3.60. The SMILES string of the molecule is CC1CN(C(=O)c2ccnc(N3CCN(C)CC3)c2)c2ccc(F)cc2O1. The molecule has 4 rings (SSSR count). The summed E-state index contributed by atoms with van der Waals surface area (Å²) in [6.45, 7) is 6.01. The van der Waals surface area contributed by atoms with Crippen LogP contribution in [-0.2, 0) is 0 Å². The number of nitrogens with zero attached hydrogens (tertiary/aromatic N) is 4. The monoisotopic (exact) mass is 370 g/mol. The van der Waals surface area contributed by atoms with Crippen LogP contribution >= 0.6 is 0 Å². The molecule has 0 bridgehead atoms. The van der Waals surface area contributed by atoms with Crippen LogP contribution in [-0.4, -0.2) is 61.7 Å². The Morgan fingerprint density at radius 1 is 1.19 bits per heavy atom. The Morgan fingerprint density at radius 2 is 1.96 bits per heavy atom. The Kier molecular flexibility index (Phi) is 4.70. The van der Waals surface area contributed by atoms with Crippen LogP contribution in [0.15, 0.2) is 36.5 Å². The summed E-state index contributed by atoms with van der Waals surface area (Å²) in [6, 6.07) is 7.84. The quantitative estimate of drug-likeness (QED) is 0.813. The Balaban J connectivity index is 1.61. The van der Waals surface area contributed by atoms with Gasteiger partial charge in [-0.15, -0.1) is 0 Å². The molecular weight excluding hydrogens is 347 g/mol. The van der Waals surface area contributed by atoms with E-state index < -0.39 is 0 Å². The maximum atomic E-state index is 13.6. The zero-order valence-corrected chi connectivity index (χ0v) is 15.6. The number of fused-ring (bicyclic) bond motifs is 1. The van der Waals surface area contributed by atoms with Crippen molar-refractivity contribution in [3.63, 3.8) is 0 Å². The summed E-state index contributed by atoms with van der Waals surface area (Å²) in [7, 11) is 2.10. The Bertz CT molecular complexity index is 852. The molecular formula is C20H23FN4O2. The fourth-order valence-corrected chi connectivity index (χ4v) is 3.52. The molecule has 0 N–H and O–H groups in total. The lowest BCUT2D eigenvalue weighted by molar-refractivity contribution is 0.0960. The minimum Gasteiger partial charge on any atom is -0.487 e. The highest BCUT2D eigenvalue weighted by Crippen LogP contribution is 2.35. The molecule has 1 fully saturated rings. The highest BCUT2D eigenvalue weighted by atomic mass is 19.1. The number of likely N-dealkylation sites (N-methyl/N-ethyl adjacent to an activating group) is 1. The molecule has 0 radical (unpaired) electrons.